The minimum absolute atomic E-state index is 0.204. The second-order valence-electron chi connectivity index (χ2n) is 8.16. The number of ether oxygens (including phenoxy) is 3. The summed E-state index contributed by atoms with van der Waals surface area (Å²) in [6.45, 7) is 2.58. The van der Waals surface area contributed by atoms with Crippen LogP contribution in [0.1, 0.15) is 68.6 Å². The molecular formula is C30H38O5. The molecule has 0 spiro atoms. The van der Waals surface area contributed by atoms with Crippen LogP contribution < -0.4 is 9.47 Å². The van der Waals surface area contributed by atoms with Gasteiger partial charge in [0.1, 0.15) is 19.5 Å². The average Bonchev–Trinajstić information content (AvgIpc) is 3.07. The third-order valence-electron chi connectivity index (χ3n) is 5.16. The van der Waals surface area contributed by atoms with Crippen LogP contribution in [-0.4, -0.2) is 31.6 Å². The highest BCUT2D eigenvalue weighted by molar-refractivity contribution is 5.76. The summed E-state index contributed by atoms with van der Waals surface area (Å²) in [5.41, 5.74) is 0.512. The molecule has 0 unspecified atom stereocenters. The summed E-state index contributed by atoms with van der Waals surface area (Å²) in [5, 5.41) is 0. The molecule has 0 bridgehead atoms. The van der Waals surface area contributed by atoms with E-state index in [4.69, 9.17) is 14.2 Å². The van der Waals surface area contributed by atoms with Gasteiger partial charge in [-0.25, -0.2) is 0 Å². The zero-order valence-corrected chi connectivity index (χ0v) is 20.8. The highest BCUT2D eigenvalue weighted by Gasteiger charge is 2.21. The Morgan fingerprint density at radius 1 is 0.857 bits per heavy atom. The predicted octanol–water partition coefficient (Wildman–Crippen LogP) is 7.10. The maximum absolute atomic E-state index is 12.1. The van der Waals surface area contributed by atoms with Gasteiger partial charge in [0.15, 0.2) is 17.6 Å². The van der Waals surface area contributed by atoms with Crippen molar-refractivity contribution in [3.63, 3.8) is 0 Å². The van der Waals surface area contributed by atoms with E-state index in [9.17, 15) is 9.59 Å². The van der Waals surface area contributed by atoms with E-state index in [-0.39, 0.29) is 19.2 Å². The number of unbranched alkanes of at least 4 members (excludes halogenated alkanes) is 1. The molecule has 2 rings (SSSR count). The zero-order chi connectivity index (χ0) is 25.0. The number of esters is 1. The Morgan fingerprint density at radius 2 is 1.43 bits per heavy atom. The van der Waals surface area contributed by atoms with Gasteiger partial charge in [0.05, 0.1) is 0 Å². The van der Waals surface area contributed by atoms with Crippen molar-refractivity contribution in [2.75, 3.05) is 13.2 Å². The summed E-state index contributed by atoms with van der Waals surface area (Å²) in [5.74, 6) is 0.785. The Labute approximate surface area is 209 Å². The Bertz CT molecular complexity index is 907. The van der Waals surface area contributed by atoms with E-state index >= 15 is 0 Å². The van der Waals surface area contributed by atoms with Gasteiger partial charge in [-0.3, -0.25) is 9.59 Å². The molecule has 0 N–H and O–H groups in total. The molecule has 0 radical (unpaired) electrons. The first-order chi connectivity index (χ1) is 17.2. The minimum atomic E-state index is -0.469. The fourth-order valence-corrected chi connectivity index (χ4v) is 3.29. The van der Waals surface area contributed by atoms with Gasteiger partial charge in [-0.15, -0.1) is 0 Å². The summed E-state index contributed by atoms with van der Waals surface area (Å²) in [4.78, 5) is 23.0. The van der Waals surface area contributed by atoms with Crippen LogP contribution in [0.4, 0.5) is 0 Å². The molecule has 5 nitrogen and oxygen atoms in total. The van der Waals surface area contributed by atoms with Crippen molar-refractivity contribution in [3.8, 4) is 11.5 Å². The standard InChI is InChI=1S/C30H38O5/c1-2-3-4-5-6-7-8-9-10-11-12-13-14-15-16-17-18-19-30(32)35-27-24-33-28-21-20-26(23-31)22-29(28)34-25-27/h3-4,6-7,9-10,12-13,15-16,20-23,27H,2,5,8,11,14,17-19,24-25H2,1H3/b4-3-,7-6-,10-9-,13-12-,16-15-/t27-/m1/s1. The first-order valence-electron chi connectivity index (χ1n) is 12.5. The van der Waals surface area contributed by atoms with Crippen LogP contribution in [0.2, 0.25) is 0 Å². The monoisotopic (exact) mass is 478 g/mol. The van der Waals surface area contributed by atoms with Crippen LogP contribution in [0, 0.1) is 0 Å². The van der Waals surface area contributed by atoms with E-state index in [1.807, 2.05) is 0 Å². The van der Waals surface area contributed by atoms with Crippen molar-refractivity contribution in [1.82, 2.24) is 0 Å². The van der Waals surface area contributed by atoms with E-state index in [1.165, 1.54) is 0 Å². The van der Waals surface area contributed by atoms with Crippen molar-refractivity contribution in [2.45, 2.75) is 64.4 Å². The highest BCUT2D eigenvalue weighted by atomic mass is 16.6. The predicted molar refractivity (Wildman–Crippen MR) is 141 cm³/mol. The first kappa shape index (κ1) is 27.9. The van der Waals surface area contributed by atoms with Crippen molar-refractivity contribution >= 4 is 12.3 Å². The minimum Gasteiger partial charge on any atom is -0.486 e. The largest absolute Gasteiger partial charge is 0.486 e. The van der Waals surface area contributed by atoms with Gasteiger partial charge in [-0.1, -0.05) is 67.7 Å². The molecule has 5 heteroatoms. The topological polar surface area (TPSA) is 61.8 Å². The molecule has 0 amide bonds. The summed E-state index contributed by atoms with van der Waals surface area (Å²) < 4.78 is 16.8. The van der Waals surface area contributed by atoms with Gasteiger partial charge in [0.25, 0.3) is 0 Å². The third-order valence-corrected chi connectivity index (χ3v) is 5.16. The molecule has 1 aliphatic heterocycles. The third kappa shape index (κ3) is 12.6. The summed E-state index contributed by atoms with van der Waals surface area (Å²) in [6, 6.07) is 4.97. The van der Waals surface area contributed by atoms with Crippen molar-refractivity contribution in [2.24, 2.45) is 0 Å². The van der Waals surface area contributed by atoms with Gasteiger partial charge < -0.3 is 14.2 Å². The molecule has 188 valence electrons. The highest BCUT2D eigenvalue weighted by Crippen LogP contribution is 2.30. The molecule has 0 aliphatic carbocycles. The Balaban J connectivity index is 1.50. The number of rotatable bonds is 15. The van der Waals surface area contributed by atoms with Crippen LogP contribution in [0.3, 0.4) is 0 Å². The molecule has 1 atom stereocenters. The number of fused-ring (bicyclic) bond motifs is 1. The molecule has 35 heavy (non-hydrogen) atoms. The number of aldehydes is 1. The van der Waals surface area contributed by atoms with Crippen LogP contribution in [0.15, 0.2) is 79.0 Å². The van der Waals surface area contributed by atoms with Crippen molar-refractivity contribution in [1.29, 1.82) is 0 Å². The Kier molecular flexibility index (Phi) is 14.4. The smallest absolute Gasteiger partial charge is 0.306 e. The normalized spacial score (nSPS) is 16.1. The summed E-state index contributed by atoms with van der Waals surface area (Å²) in [6.07, 6.45) is 28.8. The number of carbonyl (C=O) groups excluding carboxylic acids is 2. The fourth-order valence-electron chi connectivity index (χ4n) is 3.29. The lowest BCUT2D eigenvalue weighted by Gasteiger charge is -2.14. The number of carbonyl (C=O) groups is 2. The van der Waals surface area contributed by atoms with Gasteiger partial charge in [-0.05, 0) is 63.1 Å². The SMILES string of the molecule is CC/C=C\C/C=C\C/C=C\C/C=C\C/C=C\CCCC(=O)O[C@@H]1COc2ccc(C=O)cc2OC1. The van der Waals surface area contributed by atoms with Gasteiger partial charge in [0, 0.05) is 12.0 Å². The lowest BCUT2D eigenvalue weighted by Crippen LogP contribution is -2.29. The van der Waals surface area contributed by atoms with Crippen LogP contribution in [-0.2, 0) is 9.53 Å². The second-order valence-corrected chi connectivity index (χ2v) is 8.16. The molecule has 0 fully saturated rings. The first-order valence-corrected chi connectivity index (χ1v) is 12.5. The van der Waals surface area contributed by atoms with E-state index in [1.54, 1.807) is 18.2 Å². The maximum Gasteiger partial charge on any atom is 0.306 e. The molecule has 1 aromatic rings. The number of benzene rings is 1. The average molecular weight is 479 g/mol. The van der Waals surface area contributed by atoms with E-state index in [0.717, 1.165) is 51.2 Å². The molecule has 0 saturated heterocycles. The Hall–Kier alpha value is -3.34. The van der Waals surface area contributed by atoms with E-state index in [0.29, 0.717) is 23.5 Å². The molecule has 1 aliphatic rings. The molecule has 1 heterocycles. The number of hydrogen-bond acceptors (Lipinski definition) is 5. The Morgan fingerprint density at radius 3 is 2.03 bits per heavy atom. The lowest BCUT2D eigenvalue weighted by molar-refractivity contribution is -0.151. The molecular weight excluding hydrogens is 440 g/mol. The maximum atomic E-state index is 12.1. The van der Waals surface area contributed by atoms with Crippen LogP contribution in [0.5, 0.6) is 11.5 Å². The summed E-state index contributed by atoms with van der Waals surface area (Å²) >= 11 is 0. The number of hydrogen-bond donors (Lipinski definition) is 0. The van der Waals surface area contributed by atoms with Crippen molar-refractivity contribution < 1.29 is 23.8 Å². The van der Waals surface area contributed by atoms with Crippen LogP contribution in [0.25, 0.3) is 0 Å². The molecule has 1 aromatic carbocycles. The van der Waals surface area contributed by atoms with Gasteiger partial charge in [0.2, 0.25) is 0 Å². The lowest BCUT2D eigenvalue weighted by atomic mass is 10.2. The van der Waals surface area contributed by atoms with Crippen LogP contribution >= 0.6 is 0 Å². The molecule has 0 saturated carbocycles. The van der Waals surface area contributed by atoms with Gasteiger partial charge >= 0.3 is 5.97 Å². The molecule has 0 aromatic heterocycles. The van der Waals surface area contributed by atoms with Crippen molar-refractivity contribution in [3.05, 3.63) is 84.5 Å². The number of allylic oxidation sites excluding steroid dienone is 10. The van der Waals surface area contributed by atoms with E-state index in [2.05, 4.69) is 67.7 Å². The zero-order valence-electron chi connectivity index (χ0n) is 20.8. The summed E-state index contributed by atoms with van der Waals surface area (Å²) in [7, 11) is 0. The fraction of sp³-hybridized carbons (Fsp3) is 0.400. The van der Waals surface area contributed by atoms with Gasteiger partial charge in [-0.2, -0.15) is 0 Å². The second kappa shape index (κ2) is 18.0. The quantitative estimate of drug-likeness (QED) is 0.116. The van der Waals surface area contributed by atoms with E-state index < -0.39 is 6.10 Å².